The van der Waals surface area contributed by atoms with Gasteiger partial charge in [0.15, 0.2) is 0 Å². The fourth-order valence-electron chi connectivity index (χ4n) is 3.95. The van der Waals surface area contributed by atoms with Gasteiger partial charge in [0.25, 0.3) is 0 Å². The number of aromatic nitrogens is 4. The minimum absolute atomic E-state index is 0. The van der Waals surface area contributed by atoms with Gasteiger partial charge in [0, 0.05) is 25.9 Å². The average Bonchev–Trinajstić information content (AvgIpc) is 3.18. The number of benzene rings is 2. The van der Waals surface area contributed by atoms with Crippen LogP contribution in [-0.2, 0) is 17.9 Å². The number of para-hydroxylation sites is 4. The molecule has 10 heteroatoms. The average molecular weight is 465 g/mol. The second-order valence-corrected chi connectivity index (χ2v) is 7.34. The van der Waals surface area contributed by atoms with E-state index in [4.69, 9.17) is 0 Å². The fraction of sp³-hybridized carbons (Fsp3) is 0.348. The highest BCUT2D eigenvalue weighted by atomic mass is 16.1. The van der Waals surface area contributed by atoms with Crippen molar-refractivity contribution in [1.82, 2.24) is 19.1 Å². The van der Waals surface area contributed by atoms with Crippen LogP contribution in [0.3, 0.4) is 0 Å². The van der Waals surface area contributed by atoms with Crippen LogP contribution in [0.4, 0.5) is 0 Å². The van der Waals surface area contributed by atoms with Gasteiger partial charge in [-0.2, -0.15) is 0 Å². The minimum Gasteiger partial charge on any atom is -0.412 e. The lowest BCUT2D eigenvalue weighted by Gasteiger charge is -2.08. The van der Waals surface area contributed by atoms with E-state index in [0.717, 1.165) is 59.6 Å². The molecule has 0 saturated heterocycles. The van der Waals surface area contributed by atoms with Crippen LogP contribution in [0.25, 0.3) is 22.1 Å². The largest absolute Gasteiger partial charge is 0.412 e. The number of fused-ring (bicyclic) bond motifs is 2. The van der Waals surface area contributed by atoms with Crippen LogP contribution in [0.1, 0.15) is 37.3 Å². The molecule has 0 spiro atoms. The Morgan fingerprint density at radius 1 is 0.667 bits per heavy atom. The van der Waals surface area contributed by atoms with Crippen LogP contribution < -0.4 is 0 Å². The molecule has 184 valence electrons. The first-order valence-corrected chi connectivity index (χ1v) is 9.99. The van der Waals surface area contributed by atoms with Crippen LogP contribution in [-0.4, -0.2) is 52.3 Å². The van der Waals surface area contributed by atoms with E-state index >= 15 is 0 Å². The van der Waals surface area contributed by atoms with Crippen molar-refractivity contribution < 1.29 is 32.2 Å². The van der Waals surface area contributed by atoms with E-state index in [9.17, 15) is 4.79 Å². The van der Waals surface area contributed by atoms with E-state index in [1.165, 1.54) is 0 Å². The van der Waals surface area contributed by atoms with Crippen molar-refractivity contribution in [3.05, 3.63) is 60.2 Å². The number of carbonyl (C=O) groups excluding carboxylic acids is 1. The summed E-state index contributed by atoms with van der Waals surface area (Å²) in [6.45, 7) is 5.73. The predicted molar refractivity (Wildman–Crippen MR) is 130 cm³/mol. The van der Waals surface area contributed by atoms with Gasteiger partial charge in [-0.15, -0.1) is 0 Å². The Labute approximate surface area is 192 Å². The van der Waals surface area contributed by atoms with Gasteiger partial charge in [0.05, 0.1) is 22.1 Å². The summed E-state index contributed by atoms with van der Waals surface area (Å²) in [6.07, 6.45) is 2.95. The Kier molecular flexibility index (Phi) is 13.7. The predicted octanol–water partition coefficient (Wildman–Crippen LogP) is 0.709. The van der Waals surface area contributed by atoms with Gasteiger partial charge in [0.2, 0.25) is 0 Å². The first-order valence-electron chi connectivity index (χ1n) is 9.99. The van der Waals surface area contributed by atoms with Crippen molar-refractivity contribution in [1.29, 1.82) is 0 Å². The second kappa shape index (κ2) is 14.1. The van der Waals surface area contributed by atoms with E-state index in [2.05, 4.69) is 31.2 Å². The highest BCUT2D eigenvalue weighted by molar-refractivity contribution is 5.79. The standard InChI is InChI=1S/C23H26N4O.5H2O/c1-17-24-20-11-3-5-13-22(20)26(17)15-7-9-19(28)10-8-16-27-18(2)25-21-12-4-6-14-23(21)27;;;;;/h3-6,11-14H,7-10,15-16H2,1-2H3;5*1H2. The smallest absolute Gasteiger partial charge is 0.133 e. The maximum absolute atomic E-state index is 12.3. The SMILES string of the molecule is Cc1nc2ccccc2n1CCCC(=O)CCCn1c(C)nc2ccccc21.O.O.O.O.O. The summed E-state index contributed by atoms with van der Waals surface area (Å²) >= 11 is 0. The zero-order chi connectivity index (χ0) is 19.5. The summed E-state index contributed by atoms with van der Waals surface area (Å²) in [6, 6.07) is 16.3. The van der Waals surface area contributed by atoms with E-state index in [0.29, 0.717) is 18.6 Å². The second-order valence-electron chi connectivity index (χ2n) is 7.34. The van der Waals surface area contributed by atoms with E-state index in [1.807, 2.05) is 50.2 Å². The third-order valence-corrected chi connectivity index (χ3v) is 5.37. The zero-order valence-electron chi connectivity index (χ0n) is 19.1. The number of Topliss-reactive ketones (excluding diaryl/α,β-unsaturated/α-hetero) is 1. The number of rotatable bonds is 8. The highest BCUT2D eigenvalue weighted by Crippen LogP contribution is 2.18. The Hall–Kier alpha value is -3.15. The fourth-order valence-corrected chi connectivity index (χ4v) is 3.95. The van der Waals surface area contributed by atoms with Gasteiger partial charge in [-0.3, -0.25) is 4.79 Å². The molecule has 0 bridgehead atoms. The molecular formula is C23H36N4O6. The van der Waals surface area contributed by atoms with Gasteiger partial charge in [0.1, 0.15) is 17.4 Å². The monoisotopic (exact) mass is 464 g/mol. The molecule has 10 N–H and O–H groups in total. The van der Waals surface area contributed by atoms with Crippen molar-refractivity contribution >= 4 is 27.9 Å². The molecule has 0 aliphatic rings. The number of aryl methyl sites for hydroxylation is 4. The summed E-state index contributed by atoms with van der Waals surface area (Å²) < 4.78 is 4.42. The summed E-state index contributed by atoms with van der Waals surface area (Å²) in [5, 5.41) is 0. The molecule has 4 aromatic rings. The number of hydrogen-bond acceptors (Lipinski definition) is 3. The van der Waals surface area contributed by atoms with Gasteiger partial charge < -0.3 is 36.5 Å². The number of ketones is 1. The van der Waals surface area contributed by atoms with E-state index in [-0.39, 0.29) is 27.4 Å². The Balaban J connectivity index is 0. The van der Waals surface area contributed by atoms with Crippen molar-refractivity contribution in [2.75, 3.05) is 0 Å². The summed E-state index contributed by atoms with van der Waals surface area (Å²) in [7, 11) is 0. The molecular weight excluding hydrogens is 428 g/mol. The molecule has 0 aliphatic carbocycles. The third kappa shape index (κ3) is 6.91. The number of imidazole rings is 2. The molecule has 10 nitrogen and oxygen atoms in total. The molecule has 0 aliphatic heterocycles. The lowest BCUT2D eigenvalue weighted by atomic mass is 10.1. The van der Waals surface area contributed by atoms with Crippen LogP contribution in [0, 0.1) is 13.8 Å². The van der Waals surface area contributed by atoms with Crippen molar-refractivity contribution in [3.63, 3.8) is 0 Å². The van der Waals surface area contributed by atoms with Crippen LogP contribution in [0.5, 0.6) is 0 Å². The number of carbonyl (C=O) groups is 1. The molecule has 0 saturated carbocycles. The minimum atomic E-state index is 0. The van der Waals surface area contributed by atoms with Crippen molar-refractivity contribution in [3.8, 4) is 0 Å². The maximum Gasteiger partial charge on any atom is 0.133 e. The molecule has 2 aromatic heterocycles. The van der Waals surface area contributed by atoms with Crippen molar-refractivity contribution in [2.24, 2.45) is 0 Å². The van der Waals surface area contributed by atoms with Gasteiger partial charge in [-0.05, 0) is 51.0 Å². The summed E-state index contributed by atoms with van der Waals surface area (Å²) in [5.41, 5.74) is 4.34. The third-order valence-electron chi connectivity index (χ3n) is 5.37. The highest BCUT2D eigenvalue weighted by Gasteiger charge is 2.09. The Bertz CT molecular complexity index is 1050. The Morgan fingerprint density at radius 3 is 1.42 bits per heavy atom. The van der Waals surface area contributed by atoms with Crippen LogP contribution in [0.2, 0.25) is 0 Å². The Morgan fingerprint density at radius 2 is 1.03 bits per heavy atom. The quantitative estimate of drug-likeness (QED) is 0.369. The molecule has 4 rings (SSSR count). The normalized spacial score (nSPS) is 9.76. The van der Waals surface area contributed by atoms with Crippen molar-refractivity contribution in [2.45, 2.75) is 52.6 Å². The lowest BCUT2D eigenvalue weighted by molar-refractivity contribution is -0.119. The first kappa shape index (κ1) is 32.0. The topological polar surface area (TPSA) is 210 Å². The number of hydrogen-bond donors (Lipinski definition) is 0. The maximum atomic E-state index is 12.3. The first-order chi connectivity index (χ1) is 13.6. The molecule has 0 fully saturated rings. The lowest BCUT2D eigenvalue weighted by Crippen LogP contribution is -2.06. The molecule has 0 atom stereocenters. The van der Waals surface area contributed by atoms with Crippen LogP contribution >= 0.6 is 0 Å². The summed E-state index contributed by atoms with van der Waals surface area (Å²) in [5.74, 6) is 2.36. The molecule has 0 unspecified atom stereocenters. The number of nitrogens with zero attached hydrogens (tertiary/aromatic N) is 4. The van der Waals surface area contributed by atoms with Gasteiger partial charge >= 0.3 is 0 Å². The van der Waals surface area contributed by atoms with E-state index in [1.54, 1.807) is 0 Å². The molecule has 0 radical (unpaired) electrons. The van der Waals surface area contributed by atoms with E-state index < -0.39 is 0 Å². The molecule has 0 amide bonds. The zero-order valence-corrected chi connectivity index (χ0v) is 19.1. The molecule has 2 aromatic carbocycles. The molecule has 33 heavy (non-hydrogen) atoms. The molecule has 2 heterocycles. The van der Waals surface area contributed by atoms with Gasteiger partial charge in [-0.25, -0.2) is 9.97 Å². The summed E-state index contributed by atoms with van der Waals surface area (Å²) in [4.78, 5) is 21.5. The van der Waals surface area contributed by atoms with Crippen LogP contribution in [0.15, 0.2) is 48.5 Å². The van der Waals surface area contributed by atoms with Gasteiger partial charge in [-0.1, -0.05) is 24.3 Å².